The predicted molar refractivity (Wildman–Crippen MR) is 131 cm³/mol. The van der Waals surface area contributed by atoms with Gasteiger partial charge in [0.2, 0.25) is 5.91 Å². The van der Waals surface area contributed by atoms with Gasteiger partial charge in [-0.25, -0.2) is 0 Å². The summed E-state index contributed by atoms with van der Waals surface area (Å²) in [6.45, 7) is 6.50. The second-order valence-electron chi connectivity index (χ2n) is 7.32. The van der Waals surface area contributed by atoms with Crippen molar-refractivity contribution in [1.82, 2.24) is 9.47 Å². The van der Waals surface area contributed by atoms with Gasteiger partial charge in [-0.2, -0.15) is 0 Å². The smallest absolute Gasteiger partial charge is 0.294 e. The highest BCUT2D eigenvalue weighted by atomic mass is 32.2. The van der Waals surface area contributed by atoms with Gasteiger partial charge in [0.15, 0.2) is 0 Å². The lowest BCUT2D eigenvalue weighted by Gasteiger charge is -2.12. The molecule has 2 heterocycles. The zero-order valence-electron chi connectivity index (χ0n) is 18.1. The minimum atomic E-state index is -0.479. The van der Waals surface area contributed by atoms with E-state index in [0.29, 0.717) is 24.6 Å². The van der Waals surface area contributed by atoms with Gasteiger partial charge in [0.25, 0.3) is 11.1 Å². The Balaban J connectivity index is 1.48. The lowest BCUT2D eigenvalue weighted by molar-refractivity contribution is -0.127. The third-order valence-electron chi connectivity index (χ3n) is 5.06. The highest BCUT2D eigenvalue weighted by Crippen LogP contribution is 2.34. The first-order valence-electron chi connectivity index (χ1n) is 10.5. The SMILES string of the molecule is C=CCn1cc(/C=C2/SC(=O)N(CC(=O)Nc3ccc(OCC)cc3)C2=O)c2ccccc21. The molecule has 0 spiro atoms. The van der Waals surface area contributed by atoms with Crippen molar-refractivity contribution in [3.63, 3.8) is 0 Å². The third-order valence-corrected chi connectivity index (χ3v) is 5.96. The summed E-state index contributed by atoms with van der Waals surface area (Å²) in [5.41, 5.74) is 2.40. The number of carbonyl (C=O) groups is 3. The Morgan fingerprint density at radius 3 is 2.64 bits per heavy atom. The first kappa shape index (κ1) is 22.4. The highest BCUT2D eigenvalue weighted by molar-refractivity contribution is 8.18. The third kappa shape index (κ3) is 4.85. The molecule has 1 N–H and O–H groups in total. The minimum Gasteiger partial charge on any atom is -0.494 e. The molecule has 1 saturated heterocycles. The fraction of sp³-hybridized carbons (Fsp3) is 0.160. The van der Waals surface area contributed by atoms with Crippen LogP contribution in [0.5, 0.6) is 5.75 Å². The Morgan fingerprint density at radius 1 is 1.15 bits per heavy atom. The molecule has 7 nitrogen and oxygen atoms in total. The maximum atomic E-state index is 12.9. The number of carbonyl (C=O) groups excluding carboxylic acids is 3. The largest absolute Gasteiger partial charge is 0.494 e. The van der Waals surface area contributed by atoms with Gasteiger partial charge in [-0.1, -0.05) is 24.3 Å². The van der Waals surface area contributed by atoms with E-state index in [9.17, 15) is 14.4 Å². The second kappa shape index (κ2) is 9.79. The number of imide groups is 1. The number of hydrogen-bond acceptors (Lipinski definition) is 5. The van der Waals surface area contributed by atoms with Gasteiger partial charge in [-0.3, -0.25) is 19.3 Å². The maximum absolute atomic E-state index is 12.9. The quantitative estimate of drug-likeness (QED) is 0.381. The maximum Gasteiger partial charge on any atom is 0.294 e. The van der Waals surface area contributed by atoms with Crippen molar-refractivity contribution in [2.45, 2.75) is 13.5 Å². The first-order chi connectivity index (χ1) is 16.0. The number of nitrogens with zero attached hydrogens (tertiary/aromatic N) is 2. The zero-order chi connectivity index (χ0) is 23.4. The molecule has 1 aliphatic heterocycles. The molecule has 0 unspecified atom stereocenters. The van der Waals surface area contributed by atoms with Crippen molar-refractivity contribution in [3.05, 3.63) is 77.9 Å². The lowest BCUT2D eigenvalue weighted by Crippen LogP contribution is -2.36. The van der Waals surface area contributed by atoms with Gasteiger partial charge < -0.3 is 14.6 Å². The van der Waals surface area contributed by atoms with Crippen molar-refractivity contribution in [3.8, 4) is 5.75 Å². The molecule has 33 heavy (non-hydrogen) atoms. The number of para-hydroxylation sites is 1. The summed E-state index contributed by atoms with van der Waals surface area (Å²) < 4.78 is 7.41. The summed E-state index contributed by atoms with van der Waals surface area (Å²) in [6.07, 6.45) is 5.43. The van der Waals surface area contributed by atoms with Crippen LogP contribution in [-0.2, 0) is 16.1 Å². The number of anilines is 1. The molecule has 0 saturated carbocycles. The lowest BCUT2D eigenvalue weighted by atomic mass is 10.1. The van der Waals surface area contributed by atoms with Gasteiger partial charge >= 0.3 is 0 Å². The Labute approximate surface area is 195 Å². The molecular weight excluding hydrogens is 438 g/mol. The van der Waals surface area contributed by atoms with E-state index in [0.717, 1.165) is 33.1 Å². The van der Waals surface area contributed by atoms with Crippen LogP contribution in [0.3, 0.4) is 0 Å². The molecule has 8 heteroatoms. The summed E-state index contributed by atoms with van der Waals surface area (Å²) >= 11 is 0.836. The van der Waals surface area contributed by atoms with Crippen LogP contribution in [0.2, 0.25) is 0 Å². The Morgan fingerprint density at radius 2 is 1.91 bits per heavy atom. The second-order valence-corrected chi connectivity index (χ2v) is 8.31. The van der Waals surface area contributed by atoms with E-state index >= 15 is 0 Å². The van der Waals surface area contributed by atoms with Gasteiger partial charge in [-0.05, 0) is 55.1 Å². The van der Waals surface area contributed by atoms with Gasteiger partial charge in [0.05, 0.1) is 11.5 Å². The van der Waals surface area contributed by atoms with E-state index in [-0.39, 0.29) is 11.4 Å². The number of benzene rings is 2. The van der Waals surface area contributed by atoms with Crippen LogP contribution in [0.25, 0.3) is 17.0 Å². The fourth-order valence-corrected chi connectivity index (χ4v) is 4.43. The molecule has 1 aromatic heterocycles. The molecule has 1 aliphatic rings. The number of amides is 3. The molecule has 0 radical (unpaired) electrons. The minimum absolute atomic E-state index is 0.287. The number of allylic oxidation sites excluding steroid dienone is 1. The van der Waals surface area contributed by atoms with Crippen molar-refractivity contribution in [2.75, 3.05) is 18.5 Å². The van der Waals surface area contributed by atoms with Crippen molar-refractivity contribution in [1.29, 1.82) is 0 Å². The van der Waals surface area contributed by atoms with Crippen LogP contribution in [0.1, 0.15) is 12.5 Å². The van der Waals surface area contributed by atoms with E-state index in [2.05, 4.69) is 11.9 Å². The van der Waals surface area contributed by atoms with Gasteiger partial charge in [0.1, 0.15) is 12.3 Å². The van der Waals surface area contributed by atoms with Crippen LogP contribution in [0, 0.1) is 0 Å². The van der Waals surface area contributed by atoms with Gasteiger partial charge in [-0.15, -0.1) is 6.58 Å². The van der Waals surface area contributed by atoms with Crippen LogP contribution in [0.15, 0.2) is 72.3 Å². The molecule has 3 amide bonds. The van der Waals surface area contributed by atoms with E-state index < -0.39 is 17.1 Å². The summed E-state index contributed by atoms with van der Waals surface area (Å²) in [7, 11) is 0. The highest BCUT2D eigenvalue weighted by Gasteiger charge is 2.36. The number of rotatable bonds is 8. The first-order valence-corrected chi connectivity index (χ1v) is 11.3. The summed E-state index contributed by atoms with van der Waals surface area (Å²) in [4.78, 5) is 39.1. The Bertz CT molecular complexity index is 1260. The van der Waals surface area contributed by atoms with Crippen molar-refractivity contribution in [2.24, 2.45) is 0 Å². The van der Waals surface area contributed by atoms with Crippen LogP contribution >= 0.6 is 11.8 Å². The fourth-order valence-electron chi connectivity index (χ4n) is 3.60. The van der Waals surface area contributed by atoms with E-state index in [1.54, 1.807) is 36.4 Å². The summed E-state index contributed by atoms with van der Waals surface area (Å²) in [6, 6.07) is 14.7. The molecular formula is C25H23N3O4S. The van der Waals surface area contributed by atoms with Gasteiger partial charge in [0, 0.05) is 34.9 Å². The Kier molecular flexibility index (Phi) is 6.65. The number of fused-ring (bicyclic) bond motifs is 1. The number of ether oxygens (including phenoxy) is 1. The van der Waals surface area contributed by atoms with Crippen LogP contribution in [-0.4, -0.2) is 39.7 Å². The molecule has 4 rings (SSSR count). The van der Waals surface area contributed by atoms with Crippen molar-refractivity contribution >= 4 is 51.5 Å². The number of thioether (sulfide) groups is 1. The normalized spacial score (nSPS) is 14.8. The van der Waals surface area contributed by atoms with E-state index in [1.807, 2.05) is 42.0 Å². The standard InChI is InChI=1S/C25H23N3O4S/c1-3-13-27-15-17(20-7-5-6-8-21(20)27)14-22-24(30)28(25(31)33-22)16-23(29)26-18-9-11-19(12-10-18)32-4-2/h3,5-12,14-15H,1,4,13,16H2,2H3,(H,26,29)/b22-14+. The topological polar surface area (TPSA) is 80.6 Å². The number of aromatic nitrogens is 1. The Hall–Kier alpha value is -3.78. The van der Waals surface area contributed by atoms with Crippen LogP contribution < -0.4 is 10.1 Å². The molecule has 168 valence electrons. The summed E-state index contributed by atoms with van der Waals surface area (Å²) in [5, 5.41) is 3.21. The molecule has 1 fully saturated rings. The van der Waals surface area contributed by atoms with E-state index in [1.165, 1.54) is 0 Å². The molecule has 3 aromatic rings. The predicted octanol–water partition coefficient (Wildman–Crippen LogP) is 4.90. The number of nitrogens with one attached hydrogen (secondary N) is 1. The average molecular weight is 462 g/mol. The monoisotopic (exact) mass is 461 g/mol. The van der Waals surface area contributed by atoms with E-state index in [4.69, 9.17) is 4.74 Å². The van der Waals surface area contributed by atoms with Crippen molar-refractivity contribution < 1.29 is 19.1 Å². The van der Waals surface area contributed by atoms with Crippen LogP contribution in [0.4, 0.5) is 10.5 Å². The molecule has 0 bridgehead atoms. The molecule has 0 atom stereocenters. The molecule has 2 aromatic carbocycles. The summed E-state index contributed by atoms with van der Waals surface area (Å²) in [5.74, 6) is -0.237. The molecule has 0 aliphatic carbocycles. The zero-order valence-corrected chi connectivity index (χ0v) is 18.9. The average Bonchev–Trinajstić information content (AvgIpc) is 3.28. The number of hydrogen-bond donors (Lipinski definition) is 1.